The van der Waals surface area contributed by atoms with Crippen LogP contribution >= 0.6 is 0 Å². The molecule has 0 fully saturated rings. The maximum atomic E-state index is 11.0. The Morgan fingerprint density at radius 2 is 0.978 bits per heavy atom. The first kappa shape index (κ1) is 71.2. The Morgan fingerprint density at radius 1 is 0.644 bits per heavy atom. The molecule has 45 heavy (non-hydrogen) atoms. The zero-order valence-electron chi connectivity index (χ0n) is 25.8. The predicted octanol–water partition coefficient (Wildman–Crippen LogP) is -23.5. The number of para-hydroxylation sites is 2. The van der Waals surface area contributed by atoms with Crippen molar-refractivity contribution < 1.29 is 261 Å². The molecule has 0 unspecified atom stereocenters. The minimum atomic E-state index is -1.81. The van der Waals surface area contributed by atoms with Gasteiger partial charge in [-0.05, 0) is 12.1 Å². The van der Waals surface area contributed by atoms with Crippen LogP contribution in [0.2, 0.25) is 0 Å². The number of carboxylic acid groups (broad SMARTS) is 4. The smallest absolute Gasteiger partial charge is 0.870 e. The van der Waals surface area contributed by atoms with Crippen LogP contribution in [0.1, 0.15) is 10.4 Å². The quantitative estimate of drug-likeness (QED) is 0.122. The van der Waals surface area contributed by atoms with Crippen LogP contribution in [0.25, 0.3) is 0 Å². The average molecular weight is 692 g/mol. The molecular weight excluding hydrogens is 674 g/mol. The van der Waals surface area contributed by atoms with Crippen LogP contribution < -0.4 is 212 Å². The fourth-order valence-electron chi connectivity index (χ4n) is 1.55. The third-order valence-corrected chi connectivity index (χ3v) is 2.97. The first-order chi connectivity index (χ1) is 17.7. The normalized spacial score (nSPS) is 6.89. The molecule has 0 aliphatic heterocycles. The second-order valence-corrected chi connectivity index (χ2v) is 5.46. The molecule has 17 nitrogen and oxygen atoms in total. The summed E-state index contributed by atoms with van der Waals surface area (Å²) in [6, 6.07) is 9.81. The van der Waals surface area contributed by atoms with Crippen molar-refractivity contribution in [1.82, 2.24) is 0 Å². The summed E-state index contributed by atoms with van der Waals surface area (Å²) < 4.78 is 9.37. The van der Waals surface area contributed by atoms with Gasteiger partial charge in [0.15, 0.2) is 12.6 Å². The number of aldehydes is 3. The van der Waals surface area contributed by atoms with Gasteiger partial charge in [0.25, 0.3) is 0 Å². The van der Waals surface area contributed by atoms with E-state index in [1.807, 2.05) is 0 Å². The van der Waals surface area contributed by atoms with Crippen molar-refractivity contribution >= 4 is 48.5 Å². The second-order valence-electron chi connectivity index (χ2n) is 5.46. The maximum Gasteiger partial charge on any atom is 1.00 e. The van der Waals surface area contributed by atoms with E-state index in [4.69, 9.17) is 48.8 Å². The first-order valence-electron chi connectivity index (χ1n) is 9.13. The van der Waals surface area contributed by atoms with Crippen molar-refractivity contribution in [3.8, 4) is 23.0 Å². The number of hydrogen-bond donors (Lipinski definition) is 1. The van der Waals surface area contributed by atoms with E-state index >= 15 is 0 Å². The van der Waals surface area contributed by atoms with Crippen molar-refractivity contribution in [1.29, 1.82) is 0 Å². The van der Waals surface area contributed by atoms with Crippen molar-refractivity contribution in [2.75, 3.05) is 14.2 Å². The summed E-state index contributed by atoms with van der Waals surface area (Å²) in [5, 5.41) is 57.1. The summed E-state index contributed by atoms with van der Waals surface area (Å²) in [4.78, 5) is 74.5. The van der Waals surface area contributed by atoms with E-state index in [0.717, 1.165) is 18.2 Å². The molecule has 2 rings (SSSR count). The molecule has 0 aromatic heterocycles. The van der Waals surface area contributed by atoms with Crippen LogP contribution in [0, 0.1) is 0 Å². The fourth-order valence-corrected chi connectivity index (χ4v) is 1.55. The van der Waals surface area contributed by atoms with Gasteiger partial charge in [0.1, 0.15) is 29.4 Å². The number of carbonyl (C=O) groups excluding carboxylic acids is 7. The van der Waals surface area contributed by atoms with E-state index in [2.05, 4.69) is 4.74 Å². The summed E-state index contributed by atoms with van der Waals surface area (Å²) in [6.07, 6.45) is -0.722. The van der Waals surface area contributed by atoms with Gasteiger partial charge in [-0.3, -0.25) is 19.2 Å². The molecule has 0 aliphatic rings. The number of carboxylic acids is 4. The number of rotatable bonds is 7. The Hall–Kier alpha value is 0.160. The van der Waals surface area contributed by atoms with E-state index in [0.29, 0.717) is 5.75 Å². The minimum absolute atomic E-state index is 0. The molecule has 0 amide bonds. The van der Waals surface area contributed by atoms with Gasteiger partial charge in [0.05, 0.1) is 14.2 Å². The maximum absolute atomic E-state index is 11.0. The first-order valence-corrected chi connectivity index (χ1v) is 9.13. The molecule has 2 aromatic carbocycles. The average Bonchev–Trinajstić information content (AvgIpc) is 2.90. The number of carbonyl (C=O) groups is 8. The molecule has 0 saturated heterocycles. The van der Waals surface area contributed by atoms with Crippen LogP contribution in [0.3, 0.4) is 0 Å². The second kappa shape index (κ2) is 46.3. The summed E-state index contributed by atoms with van der Waals surface area (Å²) in [6.45, 7) is 0. The van der Waals surface area contributed by atoms with Crippen molar-refractivity contribution in [3.05, 3.63) is 48.0 Å². The van der Waals surface area contributed by atoms with Gasteiger partial charge in [-0.15, -0.1) is 0 Å². The number of ether oxygens (including phenoxy) is 2. The molecule has 0 heterocycles. The van der Waals surface area contributed by atoms with E-state index in [1.165, 1.54) is 20.3 Å². The Kier molecular flexibility index (Phi) is 73.3. The number of hydrogen-bond acceptors (Lipinski definition) is 16. The molecule has 0 radical (unpaired) electrons. The monoisotopic (exact) mass is 692 g/mol. The molecule has 2 N–H and O–H groups in total. The van der Waals surface area contributed by atoms with Gasteiger partial charge in [0.2, 0.25) is 12.1 Å². The van der Waals surface area contributed by atoms with Crippen molar-refractivity contribution in [3.63, 3.8) is 0 Å². The Balaban J connectivity index is -0.0000000438. The molecule has 0 saturated carbocycles. The van der Waals surface area contributed by atoms with Gasteiger partial charge in [0, 0.05) is 5.56 Å². The molecule has 214 valence electrons. The van der Waals surface area contributed by atoms with Crippen LogP contribution in [-0.4, -0.2) is 73.3 Å². The van der Waals surface area contributed by atoms with Crippen LogP contribution in [0.15, 0.2) is 42.5 Å². The van der Waals surface area contributed by atoms with Gasteiger partial charge in [-0.2, -0.15) is 0 Å². The van der Waals surface area contributed by atoms with E-state index in [9.17, 15) is 24.9 Å². The summed E-state index contributed by atoms with van der Waals surface area (Å²) in [5.74, 6) is -7.92. The Bertz CT molecular complexity index is 1090. The van der Waals surface area contributed by atoms with E-state index in [-0.39, 0.29) is 219 Å². The van der Waals surface area contributed by atoms with E-state index < -0.39 is 35.4 Å². The van der Waals surface area contributed by atoms with Crippen molar-refractivity contribution in [2.45, 2.75) is 0 Å². The summed E-state index contributed by atoms with van der Waals surface area (Å²) >= 11 is 0. The van der Waals surface area contributed by atoms with Crippen LogP contribution in [0.5, 0.6) is 23.0 Å². The molecule has 0 aliphatic carbocycles. The zero-order valence-corrected chi connectivity index (χ0v) is 37.8. The zero-order chi connectivity index (χ0) is 30.3. The minimum Gasteiger partial charge on any atom is -0.870 e. The van der Waals surface area contributed by atoms with E-state index in [1.54, 1.807) is 18.2 Å². The Morgan fingerprint density at radius 3 is 1.22 bits per heavy atom. The third kappa shape index (κ3) is 44.2. The van der Waals surface area contributed by atoms with Crippen LogP contribution in [-0.2, 0) is 33.6 Å². The van der Waals surface area contributed by atoms with Gasteiger partial charge in [-0.25, -0.2) is 4.79 Å². The molecule has 0 atom stereocenters. The van der Waals surface area contributed by atoms with Gasteiger partial charge in [-0.1, -0.05) is 41.8 Å². The summed E-state index contributed by atoms with van der Waals surface area (Å²) in [7, 11) is 2.74. The number of benzene rings is 2. The topological polar surface area (TPSA) is 321 Å². The fraction of sp³-hybridized carbons (Fsp3) is 0.0909. The van der Waals surface area contributed by atoms with Crippen molar-refractivity contribution in [2.24, 2.45) is 0 Å². The largest absolute Gasteiger partial charge is 1.00 e. The van der Waals surface area contributed by atoms with Crippen LogP contribution in [0.4, 0.5) is 0 Å². The molecule has 0 spiro atoms. The molecular formula is C22H18Na6O17. The molecule has 0 bridgehead atoms. The SMILES string of the molecule is COc1cc(C(=O)C(=O)[O-])ccc1[O-].COc1ccccc1[O-].O=CC(=O)O.O=CC(=O)[O-].O=CC(=O)[O-].[Na+].[Na+].[Na+].[Na+].[Na+].[Na+].[OH-]. The van der Waals surface area contributed by atoms with Gasteiger partial charge < -0.3 is 60.0 Å². The Labute approximate surface area is 388 Å². The number of aliphatic carboxylic acids is 4. The molecule has 23 heteroatoms. The third-order valence-electron chi connectivity index (χ3n) is 2.97. The predicted molar refractivity (Wildman–Crippen MR) is 112 cm³/mol. The standard InChI is InChI=1S/C9H8O5.C7H8O2.3C2H2O3.6Na.H2O/c1-14-7-4-5(2-3-6(7)10)8(11)9(12)13;1-9-7-5-3-2-4-6(7)8;3*3-1-2(4)5;;;;;;;/h2-4,10H,1H3,(H,12,13);2-5,8H,1H3;3*1H,(H,4,5);;;;;;;1H2/q;;;;;6*+1;/p-6. The number of Topliss-reactive ketones (excluding diaryl/α,β-unsaturated/α-hetero) is 1. The van der Waals surface area contributed by atoms with Gasteiger partial charge >= 0.3 is 183 Å². The number of methoxy groups -OCH3 is 2. The number of ketones is 1. The molecule has 2 aromatic rings. The summed E-state index contributed by atoms with van der Waals surface area (Å²) in [5.41, 5.74) is -0.138.